The Bertz CT molecular complexity index is 427. The third-order valence-electron chi connectivity index (χ3n) is 2.71. The fourth-order valence-corrected chi connectivity index (χ4v) is 1.58. The van der Waals surface area contributed by atoms with Crippen molar-refractivity contribution in [2.45, 2.75) is 26.3 Å². The summed E-state index contributed by atoms with van der Waals surface area (Å²) in [6.45, 7) is 2.35. The van der Waals surface area contributed by atoms with E-state index in [0.29, 0.717) is 12.4 Å². The van der Waals surface area contributed by atoms with E-state index in [9.17, 15) is 4.79 Å². The van der Waals surface area contributed by atoms with Gasteiger partial charge in [0.1, 0.15) is 11.6 Å². The molecule has 1 aromatic rings. The van der Waals surface area contributed by atoms with Gasteiger partial charge >= 0.3 is 0 Å². The first-order chi connectivity index (χ1) is 8.06. The zero-order valence-electron chi connectivity index (χ0n) is 10.5. The number of carbonyl (C=O) groups is 1. The summed E-state index contributed by atoms with van der Waals surface area (Å²) < 4.78 is 0. The predicted octanol–water partition coefficient (Wildman–Crippen LogP) is 0.877. The molecule has 17 heavy (non-hydrogen) atoms. The number of rotatable bonds is 4. The summed E-state index contributed by atoms with van der Waals surface area (Å²) in [6, 6.07) is 1.92. The Balaban J connectivity index is 2.01. The molecule has 1 saturated carbocycles. The van der Waals surface area contributed by atoms with Gasteiger partial charge in [0.2, 0.25) is 5.91 Å². The molecule has 1 amide bonds. The molecule has 0 spiro atoms. The molecule has 1 aliphatic rings. The number of nitrogens with one attached hydrogen (secondary N) is 1. The SMILES string of the molecule is Cc1cc(N(C)C)nc(CNC(=O)C2CC2)n1. The monoisotopic (exact) mass is 234 g/mol. The van der Waals surface area contributed by atoms with Gasteiger partial charge in [-0.2, -0.15) is 0 Å². The van der Waals surface area contributed by atoms with Crippen LogP contribution in [0.5, 0.6) is 0 Å². The number of hydrogen-bond acceptors (Lipinski definition) is 4. The normalized spacial score (nSPS) is 14.5. The van der Waals surface area contributed by atoms with Crippen molar-refractivity contribution >= 4 is 11.7 Å². The van der Waals surface area contributed by atoms with E-state index in [1.54, 1.807) is 0 Å². The van der Waals surface area contributed by atoms with E-state index < -0.39 is 0 Å². The Kier molecular flexibility index (Phi) is 3.26. The van der Waals surface area contributed by atoms with Crippen molar-refractivity contribution in [2.75, 3.05) is 19.0 Å². The van der Waals surface area contributed by atoms with Crippen LogP contribution in [-0.2, 0) is 11.3 Å². The maximum absolute atomic E-state index is 11.5. The summed E-state index contributed by atoms with van der Waals surface area (Å²) in [7, 11) is 3.88. The highest BCUT2D eigenvalue weighted by atomic mass is 16.2. The maximum Gasteiger partial charge on any atom is 0.223 e. The van der Waals surface area contributed by atoms with Crippen LogP contribution in [0, 0.1) is 12.8 Å². The van der Waals surface area contributed by atoms with Crippen LogP contribution >= 0.6 is 0 Å². The molecule has 0 aromatic carbocycles. The van der Waals surface area contributed by atoms with Crippen molar-refractivity contribution in [3.05, 3.63) is 17.6 Å². The van der Waals surface area contributed by atoms with Crippen molar-refractivity contribution in [2.24, 2.45) is 5.92 Å². The van der Waals surface area contributed by atoms with E-state index in [0.717, 1.165) is 24.4 Å². The second-order valence-corrected chi connectivity index (χ2v) is 4.67. The standard InChI is InChI=1S/C12H18N4O/c1-8-6-11(16(2)3)15-10(14-8)7-13-12(17)9-4-5-9/h6,9H,4-5,7H2,1-3H3,(H,13,17). The average molecular weight is 234 g/mol. The van der Waals surface area contributed by atoms with Gasteiger partial charge < -0.3 is 10.2 Å². The molecule has 0 radical (unpaired) electrons. The van der Waals surface area contributed by atoms with Crippen LogP contribution in [0.4, 0.5) is 5.82 Å². The molecule has 5 heteroatoms. The van der Waals surface area contributed by atoms with Crippen LogP contribution in [0.25, 0.3) is 0 Å². The number of amides is 1. The Labute approximate surface area is 101 Å². The summed E-state index contributed by atoms with van der Waals surface area (Å²) in [4.78, 5) is 22.1. The van der Waals surface area contributed by atoms with E-state index in [2.05, 4.69) is 15.3 Å². The van der Waals surface area contributed by atoms with Gasteiger partial charge in [-0.1, -0.05) is 0 Å². The molecule has 2 rings (SSSR count). The lowest BCUT2D eigenvalue weighted by Gasteiger charge is -2.13. The number of nitrogens with zero attached hydrogens (tertiary/aromatic N) is 3. The fraction of sp³-hybridized carbons (Fsp3) is 0.583. The van der Waals surface area contributed by atoms with Crippen molar-refractivity contribution in [1.29, 1.82) is 0 Å². The Morgan fingerprint density at radius 1 is 1.47 bits per heavy atom. The minimum absolute atomic E-state index is 0.126. The molecular formula is C12H18N4O. The van der Waals surface area contributed by atoms with E-state index in [4.69, 9.17) is 0 Å². The molecule has 1 fully saturated rings. The molecule has 5 nitrogen and oxygen atoms in total. The van der Waals surface area contributed by atoms with Crippen molar-refractivity contribution in [1.82, 2.24) is 15.3 Å². The van der Waals surface area contributed by atoms with Crippen LogP contribution in [-0.4, -0.2) is 30.0 Å². The number of aromatic nitrogens is 2. The molecule has 1 heterocycles. The summed E-state index contributed by atoms with van der Waals surface area (Å²) in [5.74, 6) is 1.89. The van der Waals surface area contributed by atoms with E-state index in [1.807, 2.05) is 32.0 Å². The summed E-state index contributed by atoms with van der Waals surface area (Å²) >= 11 is 0. The van der Waals surface area contributed by atoms with Gasteiger partial charge in [0.15, 0.2) is 0 Å². The Hall–Kier alpha value is -1.65. The van der Waals surface area contributed by atoms with Gasteiger partial charge in [0.05, 0.1) is 6.54 Å². The van der Waals surface area contributed by atoms with Crippen LogP contribution in [0.2, 0.25) is 0 Å². The third kappa shape index (κ3) is 3.15. The minimum atomic E-state index is 0.126. The third-order valence-corrected chi connectivity index (χ3v) is 2.71. The molecule has 1 N–H and O–H groups in total. The molecule has 0 atom stereocenters. The smallest absolute Gasteiger partial charge is 0.223 e. The van der Waals surface area contributed by atoms with Gasteiger partial charge in [-0.3, -0.25) is 4.79 Å². The van der Waals surface area contributed by atoms with Gasteiger partial charge in [0.25, 0.3) is 0 Å². The number of aryl methyl sites for hydroxylation is 1. The number of anilines is 1. The molecule has 1 aromatic heterocycles. The summed E-state index contributed by atoms with van der Waals surface area (Å²) in [5, 5.41) is 2.87. The second-order valence-electron chi connectivity index (χ2n) is 4.67. The van der Waals surface area contributed by atoms with Crippen LogP contribution in [0.3, 0.4) is 0 Å². The molecular weight excluding hydrogens is 216 g/mol. The molecule has 1 aliphatic carbocycles. The first-order valence-corrected chi connectivity index (χ1v) is 5.86. The maximum atomic E-state index is 11.5. The number of hydrogen-bond donors (Lipinski definition) is 1. The Morgan fingerprint density at radius 3 is 2.76 bits per heavy atom. The lowest BCUT2D eigenvalue weighted by molar-refractivity contribution is -0.122. The molecule has 0 unspecified atom stereocenters. The molecule has 0 bridgehead atoms. The quantitative estimate of drug-likeness (QED) is 0.840. The molecule has 0 saturated heterocycles. The van der Waals surface area contributed by atoms with E-state index in [-0.39, 0.29) is 11.8 Å². The van der Waals surface area contributed by atoms with Crippen LogP contribution in [0.1, 0.15) is 24.4 Å². The summed E-state index contributed by atoms with van der Waals surface area (Å²) in [5.41, 5.74) is 0.916. The molecule has 0 aliphatic heterocycles. The highest BCUT2D eigenvalue weighted by Gasteiger charge is 2.29. The van der Waals surface area contributed by atoms with E-state index in [1.165, 1.54) is 0 Å². The average Bonchev–Trinajstić information content (AvgIpc) is 3.08. The van der Waals surface area contributed by atoms with E-state index >= 15 is 0 Å². The summed E-state index contributed by atoms with van der Waals surface area (Å²) in [6.07, 6.45) is 2.03. The highest BCUT2D eigenvalue weighted by molar-refractivity contribution is 5.80. The van der Waals surface area contributed by atoms with Gasteiger partial charge in [-0.15, -0.1) is 0 Å². The van der Waals surface area contributed by atoms with Crippen molar-refractivity contribution in [3.63, 3.8) is 0 Å². The van der Waals surface area contributed by atoms with Crippen LogP contribution < -0.4 is 10.2 Å². The minimum Gasteiger partial charge on any atom is -0.363 e. The van der Waals surface area contributed by atoms with Gasteiger partial charge in [0, 0.05) is 31.8 Å². The molecule has 92 valence electrons. The fourth-order valence-electron chi connectivity index (χ4n) is 1.58. The lowest BCUT2D eigenvalue weighted by atomic mass is 10.3. The topological polar surface area (TPSA) is 58.1 Å². The second kappa shape index (κ2) is 4.69. The zero-order valence-corrected chi connectivity index (χ0v) is 10.5. The highest BCUT2D eigenvalue weighted by Crippen LogP contribution is 2.28. The van der Waals surface area contributed by atoms with Gasteiger partial charge in [-0.25, -0.2) is 9.97 Å². The predicted molar refractivity (Wildman–Crippen MR) is 65.7 cm³/mol. The largest absolute Gasteiger partial charge is 0.363 e. The first-order valence-electron chi connectivity index (χ1n) is 5.86. The zero-order chi connectivity index (χ0) is 12.4. The first kappa shape index (κ1) is 11.8. The van der Waals surface area contributed by atoms with Crippen molar-refractivity contribution < 1.29 is 4.79 Å². The van der Waals surface area contributed by atoms with Crippen LogP contribution in [0.15, 0.2) is 6.07 Å². The number of carbonyl (C=O) groups excluding carboxylic acids is 1. The lowest BCUT2D eigenvalue weighted by Crippen LogP contribution is -2.25. The Morgan fingerprint density at radius 2 is 2.18 bits per heavy atom. The van der Waals surface area contributed by atoms with Crippen molar-refractivity contribution in [3.8, 4) is 0 Å². The van der Waals surface area contributed by atoms with Gasteiger partial charge in [-0.05, 0) is 19.8 Å².